The summed E-state index contributed by atoms with van der Waals surface area (Å²) in [4.78, 5) is 14.3. The van der Waals surface area contributed by atoms with E-state index < -0.39 is 0 Å². The molecule has 9 rings (SSSR count). The van der Waals surface area contributed by atoms with Crippen molar-refractivity contribution in [3.63, 3.8) is 0 Å². The van der Waals surface area contributed by atoms with Crippen molar-refractivity contribution < 1.29 is 0 Å². The van der Waals surface area contributed by atoms with E-state index in [1.165, 1.54) is 5.56 Å². The predicted octanol–water partition coefficient (Wildman–Crippen LogP) is 13.6. The molecular formula is C52H37N5. The van der Waals surface area contributed by atoms with Crippen molar-refractivity contribution in [3.8, 4) is 67.9 Å². The van der Waals surface area contributed by atoms with Gasteiger partial charge in [-0.1, -0.05) is 136 Å². The van der Waals surface area contributed by atoms with Crippen LogP contribution in [-0.4, -0.2) is 14.5 Å². The maximum Gasteiger partial charge on any atom is 0.187 e. The average molecular weight is 732 g/mol. The van der Waals surface area contributed by atoms with Crippen LogP contribution in [0.1, 0.15) is 31.9 Å². The Morgan fingerprint density at radius 1 is 0.544 bits per heavy atom. The summed E-state index contributed by atoms with van der Waals surface area (Å²) in [5.74, 6) is 0.569. The van der Waals surface area contributed by atoms with E-state index in [0.29, 0.717) is 17.1 Å². The van der Waals surface area contributed by atoms with Gasteiger partial charge in [0.15, 0.2) is 11.5 Å². The molecule has 270 valence electrons. The van der Waals surface area contributed by atoms with Gasteiger partial charge in [-0.3, -0.25) is 0 Å². The van der Waals surface area contributed by atoms with E-state index in [2.05, 4.69) is 127 Å². The van der Waals surface area contributed by atoms with E-state index in [1.54, 1.807) is 0 Å². The third-order valence-corrected chi connectivity index (χ3v) is 10.6. The highest BCUT2D eigenvalue weighted by Crippen LogP contribution is 2.45. The first-order chi connectivity index (χ1) is 27.8. The van der Waals surface area contributed by atoms with Crippen LogP contribution < -0.4 is 0 Å². The Bertz CT molecular complexity index is 2930. The van der Waals surface area contributed by atoms with E-state index in [-0.39, 0.29) is 5.41 Å². The zero-order chi connectivity index (χ0) is 39.1. The summed E-state index contributed by atoms with van der Waals surface area (Å²) < 4.78 is 2.35. The maximum atomic E-state index is 10.1. The predicted molar refractivity (Wildman–Crippen MR) is 233 cm³/mol. The van der Waals surface area contributed by atoms with Gasteiger partial charge < -0.3 is 4.57 Å². The fourth-order valence-corrected chi connectivity index (χ4v) is 7.71. The molecule has 9 aromatic rings. The van der Waals surface area contributed by atoms with Crippen molar-refractivity contribution in [2.75, 3.05) is 0 Å². The minimum atomic E-state index is -0.0415. The van der Waals surface area contributed by atoms with E-state index >= 15 is 0 Å². The van der Waals surface area contributed by atoms with Gasteiger partial charge in [-0.15, -0.1) is 0 Å². The van der Waals surface area contributed by atoms with Gasteiger partial charge in [-0.05, 0) is 76.7 Å². The molecule has 57 heavy (non-hydrogen) atoms. The van der Waals surface area contributed by atoms with Gasteiger partial charge in [0.2, 0.25) is 0 Å². The first-order valence-corrected chi connectivity index (χ1v) is 19.0. The van der Waals surface area contributed by atoms with E-state index in [1.807, 2.05) is 78.9 Å². The number of hydrogen-bond acceptors (Lipinski definition) is 3. The fraction of sp³-hybridized carbons (Fsp3) is 0.0769. The van der Waals surface area contributed by atoms with Crippen LogP contribution in [0.5, 0.6) is 0 Å². The molecule has 0 bridgehead atoms. The largest absolute Gasteiger partial charge is 0.308 e. The number of para-hydroxylation sites is 1. The molecule has 2 aromatic heterocycles. The van der Waals surface area contributed by atoms with Crippen LogP contribution in [0.15, 0.2) is 170 Å². The van der Waals surface area contributed by atoms with Crippen LogP contribution in [0, 0.1) is 17.9 Å². The summed E-state index contributed by atoms with van der Waals surface area (Å²) in [7, 11) is 0. The lowest BCUT2D eigenvalue weighted by Crippen LogP contribution is -2.10. The lowest BCUT2D eigenvalue weighted by molar-refractivity contribution is 0.591. The highest BCUT2D eigenvalue weighted by Gasteiger charge is 2.24. The highest BCUT2D eigenvalue weighted by atomic mass is 15.0. The molecule has 0 aliphatic rings. The molecule has 0 amide bonds. The minimum Gasteiger partial charge on any atom is -0.308 e. The number of nitriles is 1. The van der Waals surface area contributed by atoms with E-state index in [9.17, 15) is 5.26 Å². The Labute approximate surface area is 332 Å². The molecule has 0 aliphatic carbocycles. The zero-order valence-electron chi connectivity index (χ0n) is 31.9. The van der Waals surface area contributed by atoms with Gasteiger partial charge in [0.25, 0.3) is 0 Å². The minimum absolute atomic E-state index is 0.0415. The molecule has 5 heteroatoms. The number of aromatic nitrogens is 3. The normalized spacial score (nSPS) is 11.4. The number of hydrogen-bond donors (Lipinski definition) is 0. The van der Waals surface area contributed by atoms with Crippen molar-refractivity contribution in [3.05, 3.63) is 192 Å². The zero-order valence-corrected chi connectivity index (χ0v) is 31.9. The second-order valence-corrected chi connectivity index (χ2v) is 15.3. The Kier molecular flexibility index (Phi) is 8.77. The van der Waals surface area contributed by atoms with E-state index in [4.69, 9.17) is 16.5 Å². The maximum absolute atomic E-state index is 10.1. The molecular weight excluding hydrogens is 695 g/mol. The molecule has 0 saturated carbocycles. The number of fused-ring (bicyclic) bond motifs is 3. The number of benzene rings is 7. The second-order valence-electron chi connectivity index (χ2n) is 15.3. The van der Waals surface area contributed by atoms with Crippen molar-refractivity contribution in [2.24, 2.45) is 0 Å². The molecule has 0 N–H and O–H groups in total. The lowest BCUT2D eigenvalue weighted by Gasteiger charge is -2.22. The SMILES string of the molecule is [C-]#[N+]c1cccc(-c2cc(-c3nc(-c4ccccc4)cc(-c4ccccc4)n3)cc(-c3cccc(C#N)c3)c2-n2c3ccccc3c3cc(C(C)(C)C)ccc32)c1. The summed E-state index contributed by atoms with van der Waals surface area (Å²) in [6.07, 6.45) is 0. The number of rotatable bonds is 6. The molecule has 5 nitrogen and oxygen atoms in total. The average Bonchev–Trinajstić information content (AvgIpc) is 3.59. The monoisotopic (exact) mass is 731 g/mol. The first kappa shape index (κ1) is 35.1. The highest BCUT2D eigenvalue weighted by molar-refractivity contribution is 6.11. The Balaban J connectivity index is 1.43. The summed E-state index contributed by atoms with van der Waals surface area (Å²) in [6.45, 7) is 14.7. The standard InChI is InChI=1S/C52H37N5/c1-52(2,3)40-25-26-49-45(31-40)42-23-11-12-24-48(42)57(49)50-43(37-20-13-15-34(27-37)33-53)29-39(30-44(50)38-21-14-22-41(28-38)54-4)51-55-46(35-16-7-5-8-17-35)32-47(56-51)36-18-9-6-10-19-36/h5-32H,1-3H3. The van der Waals surface area contributed by atoms with Gasteiger partial charge in [0.1, 0.15) is 0 Å². The summed E-state index contributed by atoms with van der Waals surface area (Å²) >= 11 is 0. The van der Waals surface area contributed by atoms with Crippen molar-refractivity contribution in [2.45, 2.75) is 26.2 Å². The Morgan fingerprint density at radius 2 is 1.12 bits per heavy atom. The van der Waals surface area contributed by atoms with Crippen molar-refractivity contribution in [1.82, 2.24) is 14.5 Å². The molecule has 2 heterocycles. The smallest absolute Gasteiger partial charge is 0.187 e. The van der Waals surface area contributed by atoms with Crippen LogP contribution in [0.25, 0.3) is 88.5 Å². The molecule has 0 saturated heterocycles. The number of nitrogens with zero attached hydrogens (tertiary/aromatic N) is 5. The third kappa shape index (κ3) is 6.52. The fourth-order valence-electron chi connectivity index (χ4n) is 7.71. The van der Waals surface area contributed by atoms with Gasteiger partial charge in [-0.2, -0.15) is 5.26 Å². The molecule has 0 radical (unpaired) electrons. The van der Waals surface area contributed by atoms with E-state index in [0.717, 1.165) is 77.8 Å². The summed E-state index contributed by atoms with van der Waals surface area (Å²) in [6, 6.07) is 60.0. The summed E-state index contributed by atoms with van der Waals surface area (Å²) in [5.41, 5.74) is 13.4. The Hall–Kier alpha value is -7.60. The van der Waals surface area contributed by atoms with Gasteiger partial charge in [0, 0.05) is 38.6 Å². The second kappa shape index (κ2) is 14.2. The third-order valence-electron chi connectivity index (χ3n) is 10.6. The lowest BCUT2D eigenvalue weighted by atomic mass is 9.86. The topological polar surface area (TPSA) is 58.9 Å². The molecule has 0 unspecified atom stereocenters. The molecule has 0 fully saturated rings. The van der Waals surface area contributed by atoms with Crippen LogP contribution in [0.4, 0.5) is 5.69 Å². The quantitative estimate of drug-likeness (QED) is 0.160. The molecule has 0 spiro atoms. The van der Waals surface area contributed by atoms with Gasteiger partial charge in [0.05, 0.1) is 46.3 Å². The Morgan fingerprint density at radius 3 is 1.75 bits per heavy atom. The van der Waals surface area contributed by atoms with Crippen LogP contribution in [0.3, 0.4) is 0 Å². The van der Waals surface area contributed by atoms with Gasteiger partial charge in [-0.25, -0.2) is 14.8 Å². The first-order valence-electron chi connectivity index (χ1n) is 19.0. The van der Waals surface area contributed by atoms with Crippen molar-refractivity contribution in [1.29, 1.82) is 5.26 Å². The molecule has 7 aromatic carbocycles. The van der Waals surface area contributed by atoms with Crippen molar-refractivity contribution >= 4 is 27.5 Å². The molecule has 0 atom stereocenters. The molecule has 0 aliphatic heterocycles. The summed E-state index contributed by atoms with van der Waals surface area (Å²) in [5, 5.41) is 12.4. The van der Waals surface area contributed by atoms with Gasteiger partial charge >= 0.3 is 0 Å². The van der Waals surface area contributed by atoms with Crippen LogP contribution >= 0.6 is 0 Å². The van der Waals surface area contributed by atoms with Crippen LogP contribution in [-0.2, 0) is 5.41 Å². The van der Waals surface area contributed by atoms with Crippen LogP contribution in [0.2, 0.25) is 0 Å².